The minimum absolute atomic E-state index is 0.00936. The summed E-state index contributed by atoms with van der Waals surface area (Å²) in [4.78, 5) is 0.864. The summed E-state index contributed by atoms with van der Waals surface area (Å²) in [6, 6.07) is 14.8. The first-order valence-electron chi connectivity index (χ1n) is 8.63. The normalized spacial score (nSPS) is 13.0. The van der Waals surface area contributed by atoms with Crippen LogP contribution in [0.2, 0.25) is 5.02 Å². The maximum atomic E-state index is 13.5. The molecule has 6 nitrogen and oxygen atoms in total. The van der Waals surface area contributed by atoms with Crippen LogP contribution in [0.3, 0.4) is 0 Å². The van der Waals surface area contributed by atoms with E-state index < -0.39 is 10.0 Å². The fourth-order valence-electron chi connectivity index (χ4n) is 2.92. The second kappa shape index (κ2) is 7.95. The van der Waals surface area contributed by atoms with Crippen molar-refractivity contribution in [1.82, 2.24) is 0 Å². The molecule has 1 aliphatic rings. The molecule has 9 heteroatoms. The lowest BCUT2D eigenvalue weighted by Gasteiger charge is -2.26. The topological polar surface area (TPSA) is 79.6 Å². The first-order chi connectivity index (χ1) is 14.0. The smallest absolute Gasteiger partial charge is 0.264 e. The quantitative estimate of drug-likeness (QED) is 0.578. The van der Waals surface area contributed by atoms with E-state index in [1.807, 2.05) is 23.6 Å². The lowest BCUT2D eigenvalue weighted by molar-refractivity contribution is 0.171. The fraction of sp³-hybridized carbons (Fsp3) is 0.150. The molecule has 0 atom stereocenters. The number of nitriles is 1. The maximum Gasteiger partial charge on any atom is 0.264 e. The van der Waals surface area contributed by atoms with E-state index in [1.54, 1.807) is 18.2 Å². The van der Waals surface area contributed by atoms with Gasteiger partial charge in [-0.25, -0.2) is 8.42 Å². The molecule has 1 aromatic heterocycles. The van der Waals surface area contributed by atoms with Crippen molar-refractivity contribution >= 4 is 38.6 Å². The average Bonchev–Trinajstić information content (AvgIpc) is 3.25. The predicted octanol–water partition coefficient (Wildman–Crippen LogP) is 4.44. The molecule has 1 aliphatic heterocycles. The molecule has 148 valence electrons. The van der Waals surface area contributed by atoms with Gasteiger partial charge in [-0.15, -0.1) is 11.3 Å². The van der Waals surface area contributed by atoms with E-state index in [2.05, 4.69) is 0 Å². The first-order valence-corrected chi connectivity index (χ1v) is 11.3. The van der Waals surface area contributed by atoms with Gasteiger partial charge in [-0.2, -0.15) is 5.26 Å². The van der Waals surface area contributed by atoms with Gasteiger partial charge in [0, 0.05) is 10.9 Å². The highest BCUT2D eigenvalue weighted by Gasteiger charge is 2.28. The summed E-state index contributed by atoms with van der Waals surface area (Å²) in [6.07, 6.45) is 0. The Bertz CT molecular complexity index is 1190. The Hall–Kier alpha value is -2.73. The lowest BCUT2D eigenvalue weighted by atomic mass is 10.2. The number of benzene rings is 2. The second-order valence-electron chi connectivity index (χ2n) is 6.17. The number of sulfonamides is 1. The molecule has 0 unspecified atom stereocenters. The van der Waals surface area contributed by atoms with Gasteiger partial charge in [0.2, 0.25) is 0 Å². The molecule has 4 rings (SSSR count). The molecule has 0 amide bonds. The minimum Gasteiger partial charge on any atom is -0.486 e. The summed E-state index contributed by atoms with van der Waals surface area (Å²) in [5.41, 5.74) is 0.544. The largest absolute Gasteiger partial charge is 0.486 e. The number of fused-ring (bicyclic) bond motifs is 1. The number of hydrogen-bond donors (Lipinski definition) is 0. The molecule has 0 N–H and O–H groups in total. The van der Waals surface area contributed by atoms with Crippen molar-refractivity contribution < 1.29 is 17.9 Å². The van der Waals surface area contributed by atoms with Crippen LogP contribution in [0.25, 0.3) is 0 Å². The van der Waals surface area contributed by atoms with Crippen LogP contribution in [0.4, 0.5) is 5.69 Å². The van der Waals surface area contributed by atoms with E-state index >= 15 is 0 Å². The molecule has 0 fully saturated rings. The number of rotatable bonds is 5. The van der Waals surface area contributed by atoms with Crippen LogP contribution >= 0.6 is 22.9 Å². The number of halogens is 1. The summed E-state index contributed by atoms with van der Waals surface area (Å²) >= 11 is 7.44. The van der Waals surface area contributed by atoms with E-state index in [9.17, 15) is 13.7 Å². The van der Waals surface area contributed by atoms with Crippen molar-refractivity contribution in [2.75, 3.05) is 17.5 Å². The molecule has 0 radical (unpaired) electrons. The van der Waals surface area contributed by atoms with Crippen LogP contribution < -0.4 is 13.8 Å². The Morgan fingerprint density at radius 2 is 1.90 bits per heavy atom. The van der Waals surface area contributed by atoms with E-state index in [0.717, 1.165) is 4.88 Å². The molecule has 0 saturated heterocycles. The molecular formula is C20H15ClN2O4S2. The van der Waals surface area contributed by atoms with Crippen molar-refractivity contribution in [2.45, 2.75) is 11.4 Å². The molecule has 0 bridgehead atoms. The Morgan fingerprint density at radius 1 is 1.10 bits per heavy atom. The summed E-state index contributed by atoms with van der Waals surface area (Å²) in [5.74, 6) is 1.07. The molecular weight excluding hydrogens is 432 g/mol. The summed E-state index contributed by atoms with van der Waals surface area (Å²) in [5, 5.41) is 11.3. The van der Waals surface area contributed by atoms with Crippen LogP contribution in [0.5, 0.6) is 11.5 Å². The Morgan fingerprint density at radius 3 is 2.62 bits per heavy atom. The maximum absolute atomic E-state index is 13.5. The van der Waals surface area contributed by atoms with Crippen LogP contribution in [-0.4, -0.2) is 21.6 Å². The molecule has 2 heterocycles. The van der Waals surface area contributed by atoms with E-state index in [1.165, 1.54) is 33.8 Å². The Kier molecular flexibility index (Phi) is 5.37. The monoisotopic (exact) mass is 446 g/mol. The Balaban J connectivity index is 1.81. The predicted molar refractivity (Wildman–Crippen MR) is 111 cm³/mol. The average molecular weight is 447 g/mol. The molecule has 29 heavy (non-hydrogen) atoms. The number of ether oxygens (including phenoxy) is 2. The lowest BCUT2D eigenvalue weighted by Crippen LogP contribution is -2.30. The molecule has 2 aromatic carbocycles. The first kappa shape index (κ1) is 19.6. The summed E-state index contributed by atoms with van der Waals surface area (Å²) in [7, 11) is -3.97. The van der Waals surface area contributed by atoms with Crippen molar-refractivity contribution in [1.29, 1.82) is 5.26 Å². The number of hydrogen-bond acceptors (Lipinski definition) is 6. The van der Waals surface area contributed by atoms with Gasteiger partial charge in [-0.1, -0.05) is 17.7 Å². The third-order valence-corrected chi connectivity index (χ3v) is 7.30. The van der Waals surface area contributed by atoms with Gasteiger partial charge in [0.25, 0.3) is 10.0 Å². The zero-order chi connectivity index (χ0) is 20.4. The van der Waals surface area contributed by atoms with Gasteiger partial charge >= 0.3 is 0 Å². The van der Waals surface area contributed by atoms with Crippen LogP contribution in [-0.2, 0) is 16.6 Å². The van der Waals surface area contributed by atoms with Crippen LogP contribution in [0.15, 0.2) is 58.8 Å². The van der Waals surface area contributed by atoms with Crippen molar-refractivity contribution in [3.05, 3.63) is 69.4 Å². The number of anilines is 1. The minimum atomic E-state index is -3.97. The third-order valence-electron chi connectivity index (χ3n) is 4.34. The summed E-state index contributed by atoms with van der Waals surface area (Å²) in [6.45, 7) is 0.992. The van der Waals surface area contributed by atoms with Crippen LogP contribution in [0.1, 0.15) is 10.4 Å². The molecule has 0 saturated carbocycles. The highest BCUT2D eigenvalue weighted by molar-refractivity contribution is 7.92. The van der Waals surface area contributed by atoms with E-state index in [4.69, 9.17) is 21.1 Å². The Labute approximate surface area is 177 Å². The van der Waals surface area contributed by atoms with Gasteiger partial charge in [-0.3, -0.25) is 4.31 Å². The molecule has 0 spiro atoms. The molecule has 3 aromatic rings. The third kappa shape index (κ3) is 3.90. The van der Waals surface area contributed by atoms with Gasteiger partial charge in [-0.05, 0) is 41.8 Å². The van der Waals surface area contributed by atoms with Crippen molar-refractivity contribution in [2.24, 2.45) is 0 Å². The number of nitrogens with zero attached hydrogens (tertiary/aromatic N) is 2. The zero-order valence-electron chi connectivity index (χ0n) is 15.0. The SMILES string of the molecule is N#Cc1cc(S(=O)(=O)N(Cc2cccs2)c2ccc3c(c2)OCCO3)ccc1Cl. The van der Waals surface area contributed by atoms with E-state index in [0.29, 0.717) is 30.4 Å². The van der Waals surface area contributed by atoms with Crippen molar-refractivity contribution in [3.8, 4) is 17.6 Å². The fourth-order valence-corrected chi connectivity index (χ4v) is 5.32. The second-order valence-corrected chi connectivity index (χ2v) is 9.47. The van der Waals surface area contributed by atoms with Gasteiger partial charge in [0.1, 0.15) is 19.3 Å². The highest BCUT2D eigenvalue weighted by atomic mass is 35.5. The summed E-state index contributed by atoms with van der Waals surface area (Å²) < 4.78 is 39.5. The number of thiophene rings is 1. The standard InChI is InChI=1S/C20H15ClN2O4S2/c21-18-5-4-17(10-14(18)12-22)29(24,25)23(13-16-2-1-9-28-16)15-3-6-19-20(11-15)27-8-7-26-19/h1-6,9-11H,7-8,13H2. The van der Waals surface area contributed by atoms with Gasteiger partial charge in [0.15, 0.2) is 11.5 Å². The van der Waals surface area contributed by atoms with Crippen LogP contribution in [0, 0.1) is 11.3 Å². The van der Waals surface area contributed by atoms with Gasteiger partial charge in [0.05, 0.1) is 27.7 Å². The highest BCUT2D eigenvalue weighted by Crippen LogP contribution is 2.37. The van der Waals surface area contributed by atoms with Crippen molar-refractivity contribution in [3.63, 3.8) is 0 Å². The zero-order valence-corrected chi connectivity index (χ0v) is 17.4. The van der Waals surface area contributed by atoms with E-state index in [-0.39, 0.29) is 22.0 Å². The molecule has 0 aliphatic carbocycles. The van der Waals surface area contributed by atoms with Gasteiger partial charge < -0.3 is 9.47 Å².